The molecule has 0 aliphatic carbocycles. The summed E-state index contributed by atoms with van der Waals surface area (Å²) in [5, 5.41) is 18.9. The van der Waals surface area contributed by atoms with Crippen molar-refractivity contribution in [1.82, 2.24) is 0 Å². The number of aliphatic hydroxyl groups excluding tert-OH is 1. The minimum atomic E-state index is -0.816. The van der Waals surface area contributed by atoms with Crippen LogP contribution in [0, 0.1) is 5.82 Å². The van der Waals surface area contributed by atoms with Crippen LogP contribution in [-0.4, -0.2) is 10.2 Å². The summed E-state index contributed by atoms with van der Waals surface area (Å²) in [5.41, 5.74) is 0.191. The van der Waals surface area contributed by atoms with Gasteiger partial charge in [-0.15, -0.1) is 0 Å². The first-order valence-electron chi connectivity index (χ1n) is 5.82. The Labute approximate surface area is 95.7 Å². The van der Waals surface area contributed by atoms with Crippen LogP contribution in [0.1, 0.15) is 50.7 Å². The number of phenolic OH excluding ortho intramolecular Hbond substituents is 1. The van der Waals surface area contributed by atoms with E-state index in [0.29, 0.717) is 6.42 Å². The lowest BCUT2D eigenvalue weighted by Crippen LogP contribution is -2.00. The van der Waals surface area contributed by atoms with E-state index in [0.717, 1.165) is 25.7 Å². The Bertz CT molecular complexity index is 326. The molecular weight excluding hydrogens is 207 g/mol. The van der Waals surface area contributed by atoms with E-state index in [-0.39, 0.29) is 5.56 Å². The molecule has 1 rings (SSSR count). The Balaban J connectivity index is 2.52. The summed E-state index contributed by atoms with van der Waals surface area (Å²) in [6, 6.07) is 4.34. The van der Waals surface area contributed by atoms with Gasteiger partial charge in [-0.25, -0.2) is 4.39 Å². The molecule has 0 aromatic heterocycles. The van der Waals surface area contributed by atoms with Gasteiger partial charge in [-0.3, -0.25) is 0 Å². The molecule has 0 bridgehead atoms. The normalized spacial score (nSPS) is 12.7. The van der Waals surface area contributed by atoms with E-state index in [9.17, 15) is 14.6 Å². The van der Waals surface area contributed by atoms with Gasteiger partial charge in [0.2, 0.25) is 0 Å². The van der Waals surface area contributed by atoms with Crippen LogP contribution in [0.5, 0.6) is 5.75 Å². The molecule has 90 valence electrons. The van der Waals surface area contributed by atoms with Gasteiger partial charge in [0.15, 0.2) is 11.6 Å². The third-order valence-corrected chi connectivity index (χ3v) is 2.70. The SMILES string of the molecule is CCCCCC[C@H](O)c1cccc(O)c1F. The lowest BCUT2D eigenvalue weighted by Gasteiger charge is -2.12. The van der Waals surface area contributed by atoms with E-state index in [1.807, 2.05) is 0 Å². The molecule has 0 spiro atoms. The predicted molar refractivity (Wildman–Crippen MR) is 61.8 cm³/mol. The molecular formula is C13H19FO2. The Hall–Kier alpha value is -1.09. The van der Waals surface area contributed by atoms with Crippen LogP contribution >= 0.6 is 0 Å². The molecule has 3 heteroatoms. The van der Waals surface area contributed by atoms with Crippen molar-refractivity contribution in [3.8, 4) is 5.75 Å². The van der Waals surface area contributed by atoms with Gasteiger partial charge >= 0.3 is 0 Å². The maximum absolute atomic E-state index is 13.4. The van der Waals surface area contributed by atoms with Gasteiger partial charge < -0.3 is 10.2 Å². The number of aromatic hydroxyl groups is 1. The van der Waals surface area contributed by atoms with Crippen molar-refractivity contribution in [3.63, 3.8) is 0 Å². The summed E-state index contributed by atoms with van der Waals surface area (Å²) in [7, 11) is 0. The number of phenols is 1. The van der Waals surface area contributed by atoms with E-state index in [4.69, 9.17) is 0 Å². The number of benzene rings is 1. The summed E-state index contributed by atoms with van der Waals surface area (Å²) in [4.78, 5) is 0. The molecule has 16 heavy (non-hydrogen) atoms. The highest BCUT2D eigenvalue weighted by atomic mass is 19.1. The van der Waals surface area contributed by atoms with Crippen molar-refractivity contribution in [2.45, 2.75) is 45.1 Å². The van der Waals surface area contributed by atoms with Crippen LogP contribution in [0.15, 0.2) is 18.2 Å². The highest BCUT2D eigenvalue weighted by Gasteiger charge is 2.14. The monoisotopic (exact) mass is 226 g/mol. The fraction of sp³-hybridized carbons (Fsp3) is 0.538. The number of halogens is 1. The van der Waals surface area contributed by atoms with Crippen LogP contribution < -0.4 is 0 Å². The third-order valence-electron chi connectivity index (χ3n) is 2.70. The topological polar surface area (TPSA) is 40.5 Å². The first-order chi connectivity index (χ1) is 7.66. The minimum Gasteiger partial charge on any atom is -0.505 e. The van der Waals surface area contributed by atoms with Crippen molar-refractivity contribution in [3.05, 3.63) is 29.6 Å². The molecule has 0 fully saturated rings. The predicted octanol–water partition coefficient (Wildman–Crippen LogP) is 3.54. The first-order valence-corrected chi connectivity index (χ1v) is 5.82. The zero-order valence-electron chi connectivity index (χ0n) is 9.62. The second-order valence-electron chi connectivity index (χ2n) is 4.05. The number of hydrogen-bond donors (Lipinski definition) is 2. The number of aliphatic hydroxyl groups is 1. The lowest BCUT2D eigenvalue weighted by molar-refractivity contribution is 0.158. The average molecular weight is 226 g/mol. The van der Waals surface area contributed by atoms with Gasteiger partial charge in [0.1, 0.15) is 0 Å². The van der Waals surface area contributed by atoms with Crippen LogP contribution in [-0.2, 0) is 0 Å². The van der Waals surface area contributed by atoms with Crippen LogP contribution in [0.4, 0.5) is 4.39 Å². The summed E-state index contributed by atoms with van der Waals surface area (Å²) < 4.78 is 13.4. The molecule has 0 saturated heterocycles. The largest absolute Gasteiger partial charge is 0.505 e. The van der Waals surface area contributed by atoms with Gasteiger partial charge in [0.25, 0.3) is 0 Å². The fourth-order valence-corrected chi connectivity index (χ4v) is 1.71. The maximum Gasteiger partial charge on any atom is 0.170 e. The molecule has 0 aliphatic rings. The van der Waals surface area contributed by atoms with Crippen LogP contribution in [0.3, 0.4) is 0 Å². The molecule has 0 unspecified atom stereocenters. The Kier molecular flexibility index (Phi) is 5.26. The van der Waals surface area contributed by atoms with Crippen molar-refractivity contribution in [2.24, 2.45) is 0 Å². The van der Waals surface area contributed by atoms with E-state index < -0.39 is 17.7 Å². The Morgan fingerprint density at radius 1 is 1.25 bits per heavy atom. The second-order valence-corrected chi connectivity index (χ2v) is 4.05. The van der Waals surface area contributed by atoms with Crippen molar-refractivity contribution < 1.29 is 14.6 Å². The van der Waals surface area contributed by atoms with E-state index in [2.05, 4.69) is 6.92 Å². The molecule has 0 saturated carbocycles. The minimum absolute atomic E-state index is 0.191. The smallest absolute Gasteiger partial charge is 0.170 e. The van der Waals surface area contributed by atoms with Crippen LogP contribution in [0.25, 0.3) is 0 Å². The summed E-state index contributed by atoms with van der Waals surface area (Å²) >= 11 is 0. The zero-order valence-corrected chi connectivity index (χ0v) is 9.62. The molecule has 0 amide bonds. The zero-order chi connectivity index (χ0) is 12.0. The average Bonchev–Trinajstić information content (AvgIpc) is 2.28. The van der Waals surface area contributed by atoms with Crippen molar-refractivity contribution in [2.75, 3.05) is 0 Å². The number of rotatable bonds is 6. The summed E-state index contributed by atoms with van der Waals surface area (Å²) in [6.45, 7) is 2.12. The molecule has 1 atom stereocenters. The molecule has 0 radical (unpaired) electrons. The van der Waals surface area contributed by atoms with Gasteiger partial charge in [0, 0.05) is 5.56 Å². The Morgan fingerprint density at radius 3 is 2.69 bits per heavy atom. The van der Waals surface area contributed by atoms with Gasteiger partial charge in [-0.2, -0.15) is 0 Å². The molecule has 1 aromatic rings. The second kappa shape index (κ2) is 6.48. The fourth-order valence-electron chi connectivity index (χ4n) is 1.71. The molecule has 1 aromatic carbocycles. The maximum atomic E-state index is 13.4. The molecule has 0 heterocycles. The van der Waals surface area contributed by atoms with Gasteiger partial charge in [0.05, 0.1) is 6.10 Å². The molecule has 0 aliphatic heterocycles. The van der Waals surface area contributed by atoms with Crippen molar-refractivity contribution >= 4 is 0 Å². The van der Waals surface area contributed by atoms with Gasteiger partial charge in [-0.05, 0) is 12.5 Å². The van der Waals surface area contributed by atoms with E-state index in [1.54, 1.807) is 6.07 Å². The molecule has 2 N–H and O–H groups in total. The summed E-state index contributed by atoms with van der Waals surface area (Å²) in [5.74, 6) is -1.10. The quantitative estimate of drug-likeness (QED) is 0.728. The third kappa shape index (κ3) is 3.49. The molecule has 2 nitrogen and oxygen atoms in total. The first kappa shape index (κ1) is 13.0. The Morgan fingerprint density at radius 2 is 2.00 bits per heavy atom. The van der Waals surface area contributed by atoms with E-state index >= 15 is 0 Å². The van der Waals surface area contributed by atoms with E-state index in [1.165, 1.54) is 12.1 Å². The van der Waals surface area contributed by atoms with Gasteiger partial charge in [-0.1, -0.05) is 44.7 Å². The highest BCUT2D eigenvalue weighted by Crippen LogP contribution is 2.27. The summed E-state index contributed by atoms with van der Waals surface area (Å²) in [6.07, 6.45) is 3.92. The lowest BCUT2D eigenvalue weighted by atomic mass is 10.0. The highest BCUT2D eigenvalue weighted by molar-refractivity contribution is 5.31. The van der Waals surface area contributed by atoms with Crippen LogP contribution in [0.2, 0.25) is 0 Å². The van der Waals surface area contributed by atoms with Crippen molar-refractivity contribution in [1.29, 1.82) is 0 Å². The number of unbranched alkanes of at least 4 members (excludes halogenated alkanes) is 3. The number of hydrogen-bond acceptors (Lipinski definition) is 2. The standard InChI is InChI=1S/C13H19FO2/c1-2-3-4-5-8-11(15)10-7-6-9-12(16)13(10)14/h6-7,9,11,15-16H,2-5,8H2,1H3/t11-/m0/s1.